The molecule has 0 aliphatic heterocycles. The number of hydrogen-bond donors (Lipinski definition) is 0. The van der Waals surface area contributed by atoms with Crippen molar-refractivity contribution in [3.8, 4) is 12.1 Å². The zero-order valence-corrected chi connectivity index (χ0v) is 15.0. The molecule has 28 heavy (non-hydrogen) atoms. The molecule has 0 saturated heterocycles. The molecule has 0 radical (unpaired) electrons. The molecule has 3 aromatic rings. The van der Waals surface area contributed by atoms with Gasteiger partial charge in [0.15, 0.2) is 5.78 Å². The molecule has 0 fully saturated rings. The van der Waals surface area contributed by atoms with Crippen molar-refractivity contribution in [3.05, 3.63) is 108 Å². The van der Waals surface area contributed by atoms with E-state index in [-0.39, 0.29) is 0 Å². The maximum absolute atomic E-state index is 13.6. The monoisotopic (exact) mass is 360 g/mol. The van der Waals surface area contributed by atoms with Crippen molar-refractivity contribution in [2.45, 2.75) is 5.92 Å². The van der Waals surface area contributed by atoms with E-state index in [1.807, 2.05) is 91.0 Å². The van der Waals surface area contributed by atoms with Crippen LogP contribution in [0.2, 0.25) is 0 Å². The van der Waals surface area contributed by atoms with Crippen molar-refractivity contribution in [1.29, 1.82) is 10.5 Å². The minimum Gasteiger partial charge on any atom is -0.291 e. The van der Waals surface area contributed by atoms with Crippen LogP contribution in [0.4, 0.5) is 0 Å². The molecule has 0 amide bonds. The smallest absolute Gasteiger partial charge is 0.216 e. The number of carbonyl (C=O) groups is 1. The number of carbonyl (C=O) groups excluding carboxylic acids is 1. The highest BCUT2D eigenvalue weighted by atomic mass is 16.1. The van der Waals surface area contributed by atoms with Crippen molar-refractivity contribution in [3.63, 3.8) is 0 Å². The zero-order valence-electron chi connectivity index (χ0n) is 15.0. The highest BCUT2D eigenvalue weighted by Crippen LogP contribution is 2.56. The van der Waals surface area contributed by atoms with Crippen LogP contribution in [-0.2, 0) is 4.79 Å². The van der Waals surface area contributed by atoms with Gasteiger partial charge in [-0.1, -0.05) is 91.0 Å². The number of nitriles is 2. The van der Waals surface area contributed by atoms with Gasteiger partial charge in [-0.15, -0.1) is 0 Å². The maximum atomic E-state index is 13.6. The summed E-state index contributed by atoms with van der Waals surface area (Å²) in [4.78, 5) is 13.6. The lowest BCUT2D eigenvalue weighted by atomic mass is 9.72. The summed E-state index contributed by atoms with van der Waals surface area (Å²) in [5.74, 6) is -1.09. The van der Waals surface area contributed by atoms with E-state index in [2.05, 4.69) is 12.1 Å². The first kappa shape index (κ1) is 17.5. The topological polar surface area (TPSA) is 64.7 Å². The van der Waals surface area contributed by atoms with Gasteiger partial charge < -0.3 is 0 Å². The van der Waals surface area contributed by atoms with Gasteiger partial charge >= 0.3 is 0 Å². The van der Waals surface area contributed by atoms with Gasteiger partial charge in [-0.25, -0.2) is 0 Å². The zero-order chi connectivity index (χ0) is 19.6. The van der Waals surface area contributed by atoms with Gasteiger partial charge in [0.05, 0.1) is 12.1 Å². The SMILES string of the molecule is N#CC1(C#N)C(=O)C(c2ccccc2)=C(c2ccccc2)C1c1ccccc1. The Kier molecular flexibility index (Phi) is 4.36. The van der Waals surface area contributed by atoms with Gasteiger partial charge in [0.25, 0.3) is 0 Å². The van der Waals surface area contributed by atoms with Crippen LogP contribution in [0.3, 0.4) is 0 Å². The van der Waals surface area contributed by atoms with E-state index in [1.165, 1.54) is 0 Å². The molecule has 0 aromatic heterocycles. The summed E-state index contributed by atoms with van der Waals surface area (Å²) in [6.07, 6.45) is 0. The standard InChI is InChI=1S/C25H16N2O/c26-16-25(17-27)23(20-14-8-3-9-15-20)21(18-10-4-1-5-11-18)22(24(25)28)19-12-6-2-7-13-19/h1-15,23H. The Labute approximate surface area is 163 Å². The van der Waals surface area contributed by atoms with E-state index in [1.54, 1.807) is 0 Å². The van der Waals surface area contributed by atoms with Crippen molar-refractivity contribution in [1.82, 2.24) is 0 Å². The Balaban J connectivity index is 2.10. The number of hydrogen-bond acceptors (Lipinski definition) is 3. The molecule has 0 saturated carbocycles. The van der Waals surface area contributed by atoms with Crippen LogP contribution in [0, 0.1) is 28.1 Å². The second-order valence-corrected chi connectivity index (χ2v) is 6.73. The minimum absolute atomic E-state index is 0.434. The molecule has 1 aliphatic carbocycles. The number of ketones is 1. The van der Waals surface area contributed by atoms with Crippen LogP contribution in [0.1, 0.15) is 22.6 Å². The van der Waals surface area contributed by atoms with E-state index < -0.39 is 17.1 Å². The fourth-order valence-electron chi connectivity index (χ4n) is 3.95. The number of rotatable bonds is 3. The summed E-state index contributed by atoms with van der Waals surface area (Å²) in [6.45, 7) is 0. The number of Topliss-reactive ketones (excluding diaryl/α,β-unsaturated/α-hetero) is 1. The first-order valence-corrected chi connectivity index (χ1v) is 9.00. The van der Waals surface area contributed by atoms with Crippen molar-refractivity contribution >= 4 is 16.9 Å². The molecule has 0 heterocycles. The van der Waals surface area contributed by atoms with Crippen molar-refractivity contribution in [2.24, 2.45) is 5.41 Å². The number of nitrogens with zero attached hydrogens (tertiary/aromatic N) is 2. The average molecular weight is 360 g/mol. The van der Waals surface area contributed by atoms with Gasteiger partial charge in [-0.2, -0.15) is 10.5 Å². The first-order valence-electron chi connectivity index (χ1n) is 9.00. The second-order valence-electron chi connectivity index (χ2n) is 6.73. The highest BCUT2D eigenvalue weighted by Gasteiger charge is 2.57. The Morgan fingerprint density at radius 1 is 0.679 bits per heavy atom. The van der Waals surface area contributed by atoms with Crippen LogP contribution >= 0.6 is 0 Å². The largest absolute Gasteiger partial charge is 0.291 e. The maximum Gasteiger partial charge on any atom is 0.216 e. The Morgan fingerprint density at radius 2 is 1.14 bits per heavy atom. The summed E-state index contributed by atoms with van der Waals surface area (Å²) in [5, 5.41) is 20.1. The third kappa shape index (κ3) is 2.54. The molecule has 0 bridgehead atoms. The minimum atomic E-state index is -1.79. The Morgan fingerprint density at radius 3 is 1.64 bits per heavy atom. The number of allylic oxidation sites excluding steroid dienone is 2. The van der Waals surface area contributed by atoms with E-state index in [0.717, 1.165) is 22.3 Å². The van der Waals surface area contributed by atoms with Crippen LogP contribution in [-0.4, -0.2) is 5.78 Å². The Bertz CT molecular complexity index is 1120. The van der Waals surface area contributed by atoms with Gasteiger partial charge in [0.1, 0.15) is 0 Å². The third-order valence-corrected chi connectivity index (χ3v) is 5.21. The van der Waals surface area contributed by atoms with Crippen LogP contribution in [0.25, 0.3) is 11.1 Å². The Hall–Kier alpha value is -3.95. The molecule has 1 atom stereocenters. The molecule has 0 spiro atoms. The lowest BCUT2D eigenvalue weighted by molar-refractivity contribution is -0.117. The van der Waals surface area contributed by atoms with E-state index in [9.17, 15) is 15.3 Å². The predicted octanol–water partition coefficient (Wildman–Crippen LogP) is 5.00. The van der Waals surface area contributed by atoms with E-state index in [4.69, 9.17) is 0 Å². The lowest BCUT2D eigenvalue weighted by Crippen LogP contribution is -2.30. The molecule has 1 unspecified atom stereocenters. The molecule has 3 aromatic carbocycles. The van der Waals surface area contributed by atoms with Crippen LogP contribution in [0.15, 0.2) is 91.0 Å². The molecule has 3 heteroatoms. The van der Waals surface area contributed by atoms with Crippen molar-refractivity contribution in [2.75, 3.05) is 0 Å². The number of benzene rings is 3. The quantitative estimate of drug-likeness (QED) is 0.660. The summed E-state index contributed by atoms with van der Waals surface area (Å²) in [7, 11) is 0. The fraction of sp³-hybridized carbons (Fsp3) is 0.0800. The van der Waals surface area contributed by atoms with Crippen LogP contribution < -0.4 is 0 Å². The summed E-state index contributed by atoms with van der Waals surface area (Å²) in [6, 6.07) is 32.3. The molecule has 4 rings (SSSR count). The van der Waals surface area contributed by atoms with Gasteiger partial charge in [-0.05, 0) is 22.3 Å². The van der Waals surface area contributed by atoms with Gasteiger partial charge in [0, 0.05) is 11.5 Å². The first-order chi connectivity index (χ1) is 13.7. The highest BCUT2D eigenvalue weighted by molar-refractivity contribution is 6.36. The summed E-state index contributed by atoms with van der Waals surface area (Å²) >= 11 is 0. The predicted molar refractivity (Wildman–Crippen MR) is 108 cm³/mol. The lowest BCUT2D eigenvalue weighted by Gasteiger charge is -2.23. The summed E-state index contributed by atoms with van der Waals surface area (Å²) in [5.41, 5.74) is 1.73. The normalized spacial score (nSPS) is 17.8. The third-order valence-electron chi connectivity index (χ3n) is 5.21. The molecule has 0 N–H and O–H groups in total. The molecule has 1 aliphatic rings. The molecular weight excluding hydrogens is 344 g/mol. The van der Waals surface area contributed by atoms with E-state index >= 15 is 0 Å². The summed E-state index contributed by atoms with van der Waals surface area (Å²) < 4.78 is 0. The van der Waals surface area contributed by atoms with Crippen molar-refractivity contribution < 1.29 is 4.79 Å². The van der Waals surface area contributed by atoms with Gasteiger partial charge in [-0.3, -0.25) is 4.79 Å². The molecule has 3 nitrogen and oxygen atoms in total. The average Bonchev–Trinajstić information content (AvgIpc) is 3.04. The van der Waals surface area contributed by atoms with Crippen LogP contribution in [0.5, 0.6) is 0 Å². The fourth-order valence-corrected chi connectivity index (χ4v) is 3.95. The molecular formula is C25H16N2O. The second kappa shape index (κ2) is 6.99. The van der Waals surface area contributed by atoms with E-state index in [0.29, 0.717) is 5.57 Å². The van der Waals surface area contributed by atoms with Gasteiger partial charge in [0.2, 0.25) is 5.41 Å². The molecule has 132 valence electrons.